The van der Waals surface area contributed by atoms with Gasteiger partial charge in [-0.3, -0.25) is 4.79 Å². The Balaban J connectivity index is 1.53. The second-order valence-corrected chi connectivity index (χ2v) is 6.61. The van der Waals surface area contributed by atoms with Gasteiger partial charge in [0.15, 0.2) is 6.61 Å². The smallest absolute Gasteiger partial charge is 0.260 e. The molecule has 1 aromatic carbocycles. The molecule has 0 spiro atoms. The van der Waals surface area contributed by atoms with E-state index >= 15 is 0 Å². The second kappa shape index (κ2) is 8.03. The first-order valence-electron chi connectivity index (χ1n) is 7.82. The second-order valence-electron chi connectivity index (χ2n) is 5.77. The Morgan fingerprint density at radius 3 is 3.00 bits per heavy atom. The number of amides is 1. The number of hydrogen-bond donors (Lipinski definition) is 0. The van der Waals surface area contributed by atoms with E-state index in [0.29, 0.717) is 35.5 Å². The highest BCUT2D eigenvalue weighted by Gasteiger charge is 2.28. The standard InChI is InChI=1S/C16H18Cl2N4O3/c1-24-9-12-7-22(20-19-12)13-4-5-21(8-13)16(23)10-25-15-3-2-11(17)6-14(15)18/h2-3,6-7,13H,4-5,8-10H2,1H3/t13-/m1/s1. The van der Waals surface area contributed by atoms with Crippen LogP contribution < -0.4 is 4.74 Å². The van der Waals surface area contributed by atoms with Crippen LogP contribution in [0.3, 0.4) is 0 Å². The first-order valence-corrected chi connectivity index (χ1v) is 8.57. The zero-order valence-corrected chi connectivity index (χ0v) is 15.2. The third kappa shape index (κ3) is 4.42. The van der Waals surface area contributed by atoms with Crippen LogP contribution in [-0.4, -0.2) is 52.6 Å². The average molecular weight is 385 g/mol. The van der Waals surface area contributed by atoms with Crippen LogP contribution in [0.5, 0.6) is 5.75 Å². The number of nitrogens with zero attached hydrogens (tertiary/aromatic N) is 4. The Morgan fingerprint density at radius 1 is 1.40 bits per heavy atom. The summed E-state index contributed by atoms with van der Waals surface area (Å²) < 4.78 is 12.3. The summed E-state index contributed by atoms with van der Waals surface area (Å²) in [7, 11) is 1.61. The first kappa shape index (κ1) is 18.0. The number of likely N-dealkylation sites (tertiary alicyclic amines) is 1. The Morgan fingerprint density at radius 2 is 2.24 bits per heavy atom. The third-order valence-corrected chi connectivity index (χ3v) is 4.52. The van der Waals surface area contributed by atoms with Crippen molar-refractivity contribution in [2.45, 2.75) is 19.1 Å². The molecule has 1 aromatic heterocycles. The van der Waals surface area contributed by atoms with E-state index in [-0.39, 0.29) is 18.6 Å². The topological polar surface area (TPSA) is 69.5 Å². The normalized spacial score (nSPS) is 17.1. The van der Waals surface area contributed by atoms with Gasteiger partial charge in [0.25, 0.3) is 5.91 Å². The zero-order chi connectivity index (χ0) is 17.8. The molecule has 2 aromatic rings. The lowest BCUT2D eigenvalue weighted by molar-refractivity contribution is -0.132. The molecular weight excluding hydrogens is 367 g/mol. The summed E-state index contributed by atoms with van der Waals surface area (Å²) in [5.74, 6) is 0.349. The highest BCUT2D eigenvalue weighted by molar-refractivity contribution is 6.35. The SMILES string of the molecule is COCc1cn([C@@H]2CCN(C(=O)COc3ccc(Cl)cc3Cl)C2)nn1. The van der Waals surface area contributed by atoms with E-state index in [0.717, 1.165) is 12.1 Å². The van der Waals surface area contributed by atoms with E-state index in [1.807, 2.05) is 6.20 Å². The minimum absolute atomic E-state index is 0.0691. The van der Waals surface area contributed by atoms with Crippen LogP contribution in [-0.2, 0) is 16.1 Å². The highest BCUT2D eigenvalue weighted by Crippen LogP contribution is 2.28. The van der Waals surface area contributed by atoms with Crippen molar-refractivity contribution in [1.82, 2.24) is 19.9 Å². The number of hydrogen-bond acceptors (Lipinski definition) is 5. The fourth-order valence-electron chi connectivity index (χ4n) is 2.71. The number of benzene rings is 1. The van der Waals surface area contributed by atoms with Crippen LogP contribution in [0.2, 0.25) is 10.0 Å². The fraction of sp³-hybridized carbons (Fsp3) is 0.438. The molecule has 1 amide bonds. The number of ether oxygens (including phenoxy) is 2. The molecule has 0 bridgehead atoms. The van der Waals surface area contributed by atoms with Gasteiger partial charge in [-0.1, -0.05) is 28.4 Å². The maximum atomic E-state index is 12.3. The maximum absolute atomic E-state index is 12.3. The van der Waals surface area contributed by atoms with Crippen molar-refractivity contribution in [3.8, 4) is 5.75 Å². The molecule has 1 fully saturated rings. The van der Waals surface area contributed by atoms with E-state index in [9.17, 15) is 4.79 Å². The van der Waals surface area contributed by atoms with Gasteiger partial charge in [-0.25, -0.2) is 4.68 Å². The van der Waals surface area contributed by atoms with Gasteiger partial charge in [0.2, 0.25) is 0 Å². The number of halogens is 2. The van der Waals surface area contributed by atoms with Crippen LogP contribution in [0, 0.1) is 0 Å². The van der Waals surface area contributed by atoms with Crippen LogP contribution in [0.15, 0.2) is 24.4 Å². The Bertz CT molecular complexity index is 753. The lowest BCUT2D eigenvalue weighted by Crippen LogP contribution is -2.33. The van der Waals surface area contributed by atoms with Crippen molar-refractivity contribution in [1.29, 1.82) is 0 Å². The number of carbonyl (C=O) groups is 1. The van der Waals surface area contributed by atoms with E-state index in [1.54, 1.807) is 34.9 Å². The van der Waals surface area contributed by atoms with Crippen LogP contribution in [0.1, 0.15) is 18.2 Å². The molecule has 0 unspecified atom stereocenters. The summed E-state index contributed by atoms with van der Waals surface area (Å²) in [5, 5.41) is 9.06. The minimum Gasteiger partial charge on any atom is -0.482 e. The molecule has 1 aliphatic rings. The van der Waals surface area contributed by atoms with Crippen LogP contribution in [0.4, 0.5) is 0 Å². The first-order chi connectivity index (χ1) is 12.1. The third-order valence-electron chi connectivity index (χ3n) is 3.99. The molecule has 25 heavy (non-hydrogen) atoms. The summed E-state index contributed by atoms with van der Waals surface area (Å²) in [6.07, 6.45) is 2.68. The Kier molecular flexibility index (Phi) is 5.78. The van der Waals surface area contributed by atoms with Crippen molar-refractivity contribution in [2.75, 3.05) is 26.8 Å². The quantitative estimate of drug-likeness (QED) is 0.765. The van der Waals surface area contributed by atoms with Gasteiger partial charge in [-0.15, -0.1) is 5.10 Å². The van der Waals surface area contributed by atoms with E-state index < -0.39 is 0 Å². The molecule has 3 rings (SSSR count). The van der Waals surface area contributed by atoms with Gasteiger partial charge in [0.1, 0.15) is 11.4 Å². The van der Waals surface area contributed by atoms with Crippen molar-refractivity contribution in [3.63, 3.8) is 0 Å². The molecule has 1 saturated heterocycles. The molecule has 134 valence electrons. The fourth-order valence-corrected chi connectivity index (χ4v) is 3.18. The lowest BCUT2D eigenvalue weighted by atomic mass is 10.3. The summed E-state index contributed by atoms with van der Waals surface area (Å²) in [6.45, 7) is 1.58. The predicted molar refractivity (Wildman–Crippen MR) is 92.9 cm³/mol. The van der Waals surface area contributed by atoms with Gasteiger partial charge in [0, 0.05) is 25.2 Å². The lowest BCUT2D eigenvalue weighted by Gasteiger charge is -2.17. The summed E-state index contributed by atoms with van der Waals surface area (Å²) in [6, 6.07) is 5.01. The molecule has 0 saturated carbocycles. The molecular formula is C16H18Cl2N4O3. The number of rotatable bonds is 6. The number of aromatic nitrogens is 3. The molecule has 0 radical (unpaired) electrons. The Labute approximate surface area is 155 Å². The molecule has 0 N–H and O–H groups in total. The van der Waals surface area contributed by atoms with Crippen molar-refractivity contribution in [2.24, 2.45) is 0 Å². The monoisotopic (exact) mass is 384 g/mol. The van der Waals surface area contributed by atoms with Gasteiger partial charge >= 0.3 is 0 Å². The largest absolute Gasteiger partial charge is 0.482 e. The summed E-state index contributed by atoms with van der Waals surface area (Å²) >= 11 is 11.9. The summed E-state index contributed by atoms with van der Waals surface area (Å²) in [5.41, 5.74) is 0.771. The van der Waals surface area contributed by atoms with E-state index in [2.05, 4.69) is 10.3 Å². The predicted octanol–water partition coefficient (Wildman–Crippen LogP) is 2.58. The summed E-state index contributed by atoms with van der Waals surface area (Å²) in [4.78, 5) is 14.1. The molecule has 7 nitrogen and oxygen atoms in total. The maximum Gasteiger partial charge on any atom is 0.260 e. The van der Waals surface area contributed by atoms with Crippen molar-refractivity contribution >= 4 is 29.1 Å². The van der Waals surface area contributed by atoms with E-state index in [4.69, 9.17) is 32.7 Å². The van der Waals surface area contributed by atoms with Crippen molar-refractivity contribution < 1.29 is 14.3 Å². The van der Waals surface area contributed by atoms with Gasteiger partial charge in [-0.2, -0.15) is 0 Å². The molecule has 0 aliphatic carbocycles. The molecule has 1 aliphatic heterocycles. The average Bonchev–Trinajstić information content (AvgIpc) is 3.23. The van der Waals surface area contributed by atoms with Crippen LogP contribution in [0.25, 0.3) is 0 Å². The molecule has 1 atom stereocenters. The van der Waals surface area contributed by atoms with Crippen LogP contribution >= 0.6 is 23.2 Å². The van der Waals surface area contributed by atoms with Gasteiger partial charge in [0.05, 0.1) is 23.9 Å². The van der Waals surface area contributed by atoms with Gasteiger partial charge in [-0.05, 0) is 24.6 Å². The van der Waals surface area contributed by atoms with Gasteiger partial charge < -0.3 is 14.4 Å². The molecule has 9 heteroatoms. The van der Waals surface area contributed by atoms with E-state index in [1.165, 1.54) is 0 Å². The minimum atomic E-state index is -0.0919. The Hall–Kier alpha value is -1.83. The van der Waals surface area contributed by atoms with Crippen molar-refractivity contribution in [3.05, 3.63) is 40.1 Å². The number of methoxy groups -OCH3 is 1. The molecule has 2 heterocycles. The zero-order valence-electron chi connectivity index (χ0n) is 13.7. The number of carbonyl (C=O) groups excluding carboxylic acids is 1. The highest BCUT2D eigenvalue weighted by atomic mass is 35.5.